The maximum absolute atomic E-state index is 12.7. The van der Waals surface area contributed by atoms with Gasteiger partial charge in [-0.1, -0.05) is 24.3 Å². The number of ether oxygens (including phenoxy) is 1. The first-order chi connectivity index (χ1) is 11.2. The number of carbonyl (C=O) groups excluding carboxylic acids is 1. The van der Waals surface area contributed by atoms with E-state index in [2.05, 4.69) is 10.5 Å². The Balaban J connectivity index is 1.69. The van der Waals surface area contributed by atoms with E-state index in [0.29, 0.717) is 5.75 Å². The van der Waals surface area contributed by atoms with E-state index < -0.39 is 0 Å². The fraction of sp³-hybridized carbons (Fsp3) is 0.176. The molecule has 0 fully saturated rings. The molecule has 4 nitrogen and oxygen atoms in total. The molecule has 1 amide bonds. The lowest BCUT2D eigenvalue weighted by Gasteiger charge is -2.03. The first-order valence-electron chi connectivity index (χ1n) is 6.95. The second-order valence-electron chi connectivity index (χ2n) is 4.69. The predicted molar refractivity (Wildman–Crippen MR) is 91.3 cm³/mol. The lowest BCUT2D eigenvalue weighted by Crippen LogP contribution is -2.19. The van der Waals surface area contributed by atoms with Crippen LogP contribution in [0.3, 0.4) is 0 Å². The van der Waals surface area contributed by atoms with Gasteiger partial charge >= 0.3 is 0 Å². The van der Waals surface area contributed by atoms with E-state index >= 15 is 0 Å². The van der Waals surface area contributed by atoms with Crippen molar-refractivity contribution in [3.63, 3.8) is 0 Å². The van der Waals surface area contributed by atoms with Crippen LogP contribution in [0.1, 0.15) is 11.1 Å². The molecule has 0 aliphatic carbocycles. The summed E-state index contributed by atoms with van der Waals surface area (Å²) in [5.41, 5.74) is 4.29. The van der Waals surface area contributed by atoms with Crippen LogP contribution in [0.25, 0.3) is 0 Å². The first-order valence-corrected chi connectivity index (χ1v) is 8.11. The summed E-state index contributed by atoms with van der Waals surface area (Å²) in [5.74, 6) is 1.38. The van der Waals surface area contributed by atoms with Crippen molar-refractivity contribution >= 4 is 23.9 Å². The number of hydrogen-bond donors (Lipinski definition) is 1. The summed E-state index contributed by atoms with van der Waals surface area (Å²) in [7, 11) is 1.63. The van der Waals surface area contributed by atoms with Gasteiger partial charge in [0.05, 0.1) is 19.1 Å². The number of hydrazone groups is 1. The van der Waals surface area contributed by atoms with E-state index in [0.717, 1.165) is 22.6 Å². The van der Waals surface area contributed by atoms with Gasteiger partial charge in [-0.15, -0.1) is 11.8 Å². The Hall–Kier alpha value is -2.34. The van der Waals surface area contributed by atoms with Crippen molar-refractivity contribution in [3.8, 4) is 5.75 Å². The monoisotopic (exact) mass is 332 g/mol. The minimum Gasteiger partial charge on any atom is -0.497 e. The van der Waals surface area contributed by atoms with Crippen LogP contribution >= 0.6 is 11.8 Å². The van der Waals surface area contributed by atoms with Crippen LogP contribution in [0.2, 0.25) is 0 Å². The van der Waals surface area contributed by atoms with E-state index in [1.165, 1.54) is 30.1 Å². The first kappa shape index (κ1) is 17.0. The zero-order valence-electron chi connectivity index (χ0n) is 12.7. The van der Waals surface area contributed by atoms with Gasteiger partial charge in [-0.2, -0.15) is 5.10 Å². The minimum absolute atomic E-state index is 0.179. The Morgan fingerprint density at radius 1 is 1.22 bits per heavy atom. The van der Waals surface area contributed by atoms with E-state index in [1.807, 2.05) is 24.3 Å². The molecule has 120 valence electrons. The van der Waals surface area contributed by atoms with Gasteiger partial charge in [-0.05, 0) is 35.4 Å². The third-order valence-electron chi connectivity index (χ3n) is 2.93. The second kappa shape index (κ2) is 8.95. The SMILES string of the molecule is COc1ccc(CSCC(=O)NN=Cc2ccc(F)cc2)cc1. The standard InChI is InChI=1S/C17H17FN2O2S/c1-22-16-8-4-14(5-9-16)11-23-12-17(21)20-19-10-13-2-6-15(18)7-3-13/h2-10H,11-12H2,1H3,(H,20,21). The van der Waals surface area contributed by atoms with Crippen molar-refractivity contribution in [2.75, 3.05) is 12.9 Å². The van der Waals surface area contributed by atoms with Gasteiger partial charge in [0.1, 0.15) is 11.6 Å². The largest absolute Gasteiger partial charge is 0.497 e. The van der Waals surface area contributed by atoms with Crippen molar-refractivity contribution in [3.05, 3.63) is 65.5 Å². The van der Waals surface area contributed by atoms with E-state index in [9.17, 15) is 9.18 Å². The third-order valence-corrected chi connectivity index (χ3v) is 3.94. The van der Waals surface area contributed by atoms with Crippen molar-refractivity contribution in [1.82, 2.24) is 5.43 Å². The molecule has 0 spiro atoms. The summed E-state index contributed by atoms with van der Waals surface area (Å²) in [6, 6.07) is 13.6. The number of halogens is 1. The quantitative estimate of drug-likeness (QED) is 0.626. The van der Waals surface area contributed by atoms with E-state index in [1.54, 1.807) is 19.2 Å². The summed E-state index contributed by atoms with van der Waals surface area (Å²) < 4.78 is 17.8. The van der Waals surface area contributed by atoms with Crippen LogP contribution in [0, 0.1) is 5.82 Å². The lowest BCUT2D eigenvalue weighted by molar-refractivity contribution is -0.118. The summed E-state index contributed by atoms with van der Waals surface area (Å²) in [5, 5.41) is 3.84. The number of rotatable bonds is 7. The molecular formula is C17H17FN2O2S. The highest BCUT2D eigenvalue weighted by Gasteiger charge is 2.01. The average Bonchev–Trinajstić information content (AvgIpc) is 2.57. The highest BCUT2D eigenvalue weighted by Crippen LogP contribution is 2.16. The fourth-order valence-electron chi connectivity index (χ4n) is 1.74. The van der Waals surface area contributed by atoms with Crippen LogP contribution in [0.5, 0.6) is 5.75 Å². The molecule has 0 bridgehead atoms. The molecule has 1 N–H and O–H groups in total. The Morgan fingerprint density at radius 2 is 1.91 bits per heavy atom. The summed E-state index contributed by atoms with van der Waals surface area (Å²) in [6.07, 6.45) is 1.48. The molecule has 2 aromatic rings. The molecule has 0 unspecified atom stereocenters. The predicted octanol–water partition coefficient (Wildman–Crippen LogP) is 3.22. The third kappa shape index (κ3) is 6.12. The fourth-order valence-corrected chi connectivity index (χ4v) is 2.52. The molecule has 0 atom stereocenters. The zero-order valence-corrected chi connectivity index (χ0v) is 13.5. The molecule has 2 rings (SSSR count). The summed E-state index contributed by atoms with van der Waals surface area (Å²) in [4.78, 5) is 11.7. The number of hydrogen-bond acceptors (Lipinski definition) is 4. The highest BCUT2D eigenvalue weighted by atomic mass is 32.2. The van der Waals surface area contributed by atoms with Crippen molar-refractivity contribution in [2.45, 2.75) is 5.75 Å². The van der Waals surface area contributed by atoms with E-state index in [4.69, 9.17) is 4.74 Å². The Morgan fingerprint density at radius 3 is 2.57 bits per heavy atom. The number of thioether (sulfide) groups is 1. The average molecular weight is 332 g/mol. The van der Waals surface area contributed by atoms with E-state index in [-0.39, 0.29) is 11.7 Å². The summed E-state index contributed by atoms with van der Waals surface area (Å²) in [6.45, 7) is 0. The number of nitrogens with one attached hydrogen (secondary N) is 1. The van der Waals surface area contributed by atoms with Gasteiger partial charge in [0.15, 0.2) is 0 Å². The smallest absolute Gasteiger partial charge is 0.250 e. The Kier molecular flexibility index (Phi) is 6.62. The van der Waals surface area contributed by atoms with Crippen LogP contribution in [0.15, 0.2) is 53.6 Å². The molecule has 0 radical (unpaired) electrons. The zero-order chi connectivity index (χ0) is 16.5. The van der Waals surface area contributed by atoms with Crippen molar-refractivity contribution in [2.24, 2.45) is 5.10 Å². The molecule has 23 heavy (non-hydrogen) atoms. The molecule has 6 heteroatoms. The van der Waals surface area contributed by atoms with Gasteiger partial charge in [0.2, 0.25) is 5.91 Å². The van der Waals surface area contributed by atoms with Crippen LogP contribution in [-0.2, 0) is 10.5 Å². The molecule has 0 saturated carbocycles. The molecular weight excluding hydrogens is 315 g/mol. The molecule has 0 aliphatic heterocycles. The van der Waals surface area contributed by atoms with Gasteiger partial charge in [-0.25, -0.2) is 9.82 Å². The molecule has 0 saturated heterocycles. The lowest BCUT2D eigenvalue weighted by atomic mass is 10.2. The molecule has 0 aromatic heterocycles. The van der Waals surface area contributed by atoms with Crippen LogP contribution in [0.4, 0.5) is 4.39 Å². The van der Waals surface area contributed by atoms with Gasteiger partial charge in [0, 0.05) is 5.75 Å². The van der Waals surface area contributed by atoms with Gasteiger partial charge < -0.3 is 4.74 Å². The molecule has 0 aliphatic rings. The van der Waals surface area contributed by atoms with Gasteiger partial charge in [0.25, 0.3) is 0 Å². The molecule has 2 aromatic carbocycles. The number of benzene rings is 2. The number of carbonyl (C=O) groups is 1. The number of amides is 1. The highest BCUT2D eigenvalue weighted by molar-refractivity contribution is 7.99. The Labute approximate surface area is 138 Å². The number of nitrogens with zero attached hydrogens (tertiary/aromatic N) is 1. The van der Waals surface area contributed by atoms with Crippen LogP contribution < -0.4 is 10.2 Å². The number of methoxy groups -OCH3 is 1. The van der Waals surface area contributed by atoms with Crippen LogP contribution in [-0.4, -0.2) is 25.0 Å². The molecule has 0 heterocycles. The maximum atomic E-state index is 12.7. The summed E-state index contributed by atoms with van der Waals surface area (Å²) >= 11 is 1.50. The maximum Gasteiger partial charge on any atom is 0.250 e. The normalized spacial score (nSPS) is 10.7. The minimum atomic E-state index is -0.305. The topological polar surface area (TPSA) is 50.7 Å². The van der Waals surface area contributed by atoms with Crippen molar-refractivity contribution < 1.29 is 13.9 Å². The second-order valence-corrected chi connectivity index (χ2v) is 5.67. The van der Waals surface area contributed by atoms with Gasteiger partial charge in [-0.3, -0.25) is 4.79 Å². The van der Waals surface area contributed by atoms with Crippen molar-refractivity contribution in [1.29, 1.82) is 0 Å². The Bertz CT molecular complexity index is 657.